The van der Waals surface area contributed by atoms with E-state index >= 15 is 0 Å². The van der Waals surface area contributed by atoms with E-state index in [2.05, 4.69) is 0 Å². The molecule has 13 heavy (non-hydrogen) atoms. The Balaban J connectivity index is 2.34. The lowest BCUT2D eigenvalue weighted by Crippen LogP contribution is -2.18. The Morgan fingerprint density at radius 1 is 1.31 bits per heavy atom. The van der Waals surface area contributed by atoms with Gasteiger partial charge in [-0.25, -0.2) is 4.39 Å². The van der Waals surface area contributed by atoms with Crippen LogP contribution in [0, 0.1) is 5.92 Å². The topological polar surface area (TPSA) is 17.1 Å². The van der Waals surface area contributed by atoms with Crippen LogP contribution < -0.4 is 0 Å². The Kier molecular flexibility index (Phi) is 4.40. The van der Waals surface area contributed by atoms with E-state index < -0.39 is 6.17 Å². The van der Waals surface area contributed by atoms with Gasteiger partial charge in [0.25, 0.3) is 0 Å². The number of carbonyl (C=O) groups excluding carboxylic acids is 1. The largest absolute Gasteiger partial charge is 0.300 e. The maximum Gasteiger partial charge on any atom is 0.132 e. The average molecular weight is 186 g/mol. The van der Waals surface area contributed by atoms with Crippen LogP contribution in [0.4, 0.5) is 4.39 Å². The molecule has 76 valence electrons. The monoisotopic (exact) mass is 186 g/mol. The van der Waals surface area contributed by atoms with Crippen LogP contribution in [0.1, 0.15) is 51.9 Å². The molecule has 2 heteroatoms. The van der Waals surface area contributed by atoms with Crippen LogP contribution in [-0.2, 0) is 4.79 Å². The molecule has 1 aliphatic carbocycles. The van der Waals surface area contributed by atoms with Crippen molar-refractivity contribution in [2.75, 3.05) is 0 Å². The highest BCUT2D eigenvalue weighted by Crippen LogP contribution is 2.28. The number of hydrogen-bond acceptors (Lipinski definition) is 1. The lowest BCUT2D eigenvalue weighted by atomic mass is 9.92. The van der Waals surface area contributed by atoms with Gasteiger partial charge >= 0.3 is 0 Å². The van der Waals surface area contributed by atoms with E-state index in [4.69, 9.17) is 0 Å². The molecule has 0 saturated heterocycles. The fourth-order valence-corrected chi connectivity index (χ4v) is 2.11. The van der Waals surface area contributed by atoms with Crippen LogP contribution in [0.3, 0.4) is 0 Å². The Bertz CT molecular complexity index is 159. The van der Waals surface area contributed by atoms with Crippen LogP contribution in [0.25, 0.3) is 0 Å². The highest BCUT2D eigenvalue weighted by Gasteiger charge is 2.23. The number of Topliss-reactive ketones (excluding diaryl/α,β-unsaturated/α-hetero) is 1. The van der Waals surface area contributed by atoms with Gasteiger partial charge in [-0.05, 0) is 25.7 Å². The van der Waals surface area contributed by atoms with Crippen LogP contribution in [0.2, 0.25) is 0 Å². The van der Waals surface area contributed by atoms with Gasteiger partial charge in [0.1, 0.15) is 12.0 Å². The van der Waals surface area contributed by atoms with Gasteiger partial charge in [-0.15, -0.1) is 0 Å². The normalized spacial score (nSPS) is 22.3. The maximum absolute atomic E-state index is 13.5. The van der Waals surface area contributed by atoms with Crippen molar-refractivity contribution in [3.8, 4) is 0 Å². The molecule has 0 heterocycles. The van der Waals surface area contributed by atoms with Gasteiger partial charge in [0.2, 0.25) is 0 Å². The lowest BCUT2D eigenvalue weighted by Gasteiger charge is -2.17. The smallest absolute Gasteiger partial charge is 0.132 e. The summed E-state index contributed by atoms with van der Waals surface area (Å²) < 4.78 is 13.5. The van der Waals surface area contributed by atoms with E-state index in [0.29, 0.717) is 0 Å². The minimum Gasteiger partial charge on any atom is -0.300 e. The summed E-state index contributed by atoms with van der Waals surface area (Å²) >= 11 is 0. The molecule has 0 aromatic rings. The molecule has 0 bridgehead atoms. The van der Waals surface area contributed by atoms with E-state index in [1.165, 1.54) is 19.8 Å². The minimum absolute atomic E-state index is 0.0169. The molecule has 0 aliphatic heterocycles. The van der Waals surface area contributed by atoms with E-state index in [9.17, 15) is 9.18 Å². The summed E-state index contributed by atoms with van der Waals surface area (Å²) in [5, 5.41) is 0. The number of hydrogen-bond donors (Lipinski definition) is 0. The van der Waals surface area contributed by atoms with Crippen molar-refractivity contribution >= 4 is 5.78 Å². The predicted molar refractivity (Wildman–Crippen MR) is 51.4 cm³/mol. The summed E-state index contributed by atoms with van der Waals surface area (Å²) in [4.78, 5) is 10.7. The summed E-state index contributed by atoms with van der Waals surface area (Å²) in [5.74, 6) is 0.142. The first-order valence-electron chi connectivity index (χ1n) is 5.33. The van der Waals surface area contributed by atoms with Crippen molar-refractivity contribution in [2.45, 2.75) is 58.0 Å². The van der Waals surface area contributed by atoms with Crippen molar-refractivity contribution in [2.24, 2.45) is 5.92 Å². The van der Waals surface area contributed by atoms with Crippen LogP contribution >= 0.6 is 0 Å². The molecule has 0 aromatic heterocycles. The zero-order chi connectivity index (χ0) is 9.68. The van der Waals surface area contributed by atoms with Gasteiger partial charge in [0.05, 0.1) is 0 Å². The molecular weight excluding hydrogens is 167 g/mol. The average Bonchev–Trinajstić information content (AvgIpc) is 2.29. The van der Waals surface area contributed by atoms with Crippen molar-refractivity contribution in [1.82, 2.24) is 0 Å². The second-order valence-electron chi connectivity index (χ2n) is 4.17. The molecule has 0 N–H and O–H groups in total. The predicted octanol–water partition coefficient (Wildman–Crippen LogP) is 3.27. The van der Waals surface area contributed by atoms with Gasteiger partial charge < -0.3 is 0 Å². The first kappa shape index (κ1) is 10.7. The van der Waals surface area contributed by atoms with Gasteiger partial charge in [-0.1, -0.05) is 25.7 Å². The third-order valence-corrected chi connectivity index (χ3v) is 2.89. The summed E-state index contributed by atoms with van der Waals surface area (Å²) in [5.41, 5.74) is 0. The lowest BCUT2D eigenvalue weighted by molar-refractivity contribution is -0.118. The van der Waals surface area contributed by atoms with E-state index in [0.717, 1.165) is 25.7 Å². The molecule has 0 aromatic carbocycles. The molecule has 0 spiro atoms. The summed E-state index contributed by atoms with van der Waals surface area (Å²) in [6.07, 6.45) is 5.97. The number of carbonyl (C=O) groups is 1. The van der Waals surface area contributed by atoms with Crippen LogP contribution in [0.15, 0.2) is 0 Å². The van der Waals surface area contributed by atoms with E-state index in [1.807, 2.05) is 0 Å². The van der Waals surface area contributed by atoms with Crippen LogP contribution in [-0.4, -0.2) is 12.0 Å². The minimum atomic E-state index is -0.879. The highest BCUT2D eigenvalue weighted by atomic mass is 19.1. The van der Waals surface area contributed by atoms with Gasteiger partial charge in [-0.2, -0.15) is 0 Å². The first-order chi connectivity index (χ1) is 6.20. The van der Waals surface area contributed by atoms with Crippen molar-refractivity contribution < 1.29 is 9.18 Å². The zero-order valence-corrected chi connectivity index (χ0v) is 8.39. The fraction of sp³-hybridized carbons (Fsp3) is 0.909. The standard InChI is InChI=1S/C11H19FO/c1-9(13)8-11(12)10-6-4-2-3-5-7-10/h10-11H,2-8H2,1H3. The second-order valence-corrected chi connectivity index (χ2v) is 4.17. The number of halogens is 1. The molecule has 1 unspecified atom stereocenters. The molecule has 1 aliphatic rings. The maximum atomic E-state index is 13.5. The molecule has 1 atom stereocenters. The molecule has 0 amide bonds. The van der Waals surface area contributed by atoms with E-state index in [-0.39, 0.29) is 18.1 Å². The quantitative estimate of drug-likeness (QED) is 0.618. The number of ketones is 1. The van der Waals surface area contributed by atoms with Gasteiger partial charge in [0, 0.05) is 6.42 Å². The van der Waals surface area contributed by atoms with Gasteiger partial charge in [-0.3, -0.25) is 4.79 Å². The zero-order valence-electron chi connectivity index (χ0n) is 8.39. The Hall–Kier alpha value is -0.400. The molecular formula is C11H19FO. The van der Waals surface area contributed by atoms with Crippen molar-refractivity contribution in [1.29, 1.82) is 0 Å². The number of alkyl halides is 1. The Morgan fingerprint density at radius 2 is 1.85 bits per heavy atom. The third kappa shape index (κ3) is 3.88. The molecule has 1 rings (SSSR count). The molecule has 0 radical (unpaired) electrons. The molecule has 1 saturated carbocycles. The van der Waals surface area contributed by atoms with Gasteiger partial charge in [0.15, 0.2) is 0 Å². The second kappa shape index (κ2) is 5.36. The molecule has 1 nitrogen and oxygen atoms in total. The highest BCUT2D eigenvalue weighted by molar-refractivity contribution is 5.75. The number of rotatable bonds is 3. The van der Waals surface area contributed by atoms with Crippen molar-refractivity contribution in [3.63, 3.8) is 0 Å². The summed E-state index contributed by atoms with van der Waals surface area (Å²) in [6.45, 7) is 1.48. The fourth-order valence-electron chi connectivity index (χ4n) is 2.11. The van der Waals surface area contributed by atoms with E-state index in [1.54, 1.807) is 0 Å². The third-order valence-electron chi connectivity index (χ3n) is 2.89. The summed E-state index contributed by atoms with van der Waals surface area (Å²) in [6, 6.07) is 0. The Labute approximate surface area is 79.7 Å². The SMILES string of the molecule is CC(=O)CC(F)C1CCCCCC1. The van der Waals surface area contributed by atoms with Crippen LogP contribution in [0.5, 0.6) is 0 Å². The Morgan fingerprint density at radius 3 is 2.31 bits per heavy atom. The molecule has 1 fully saturated rings. The first-order valence-corrected chi connectivity index (χ1v) is 5.33. The summed E-state index contributed by atoms with van der Waals surface area (Å²) in [7, 11) is 0. The van der Waals surface area contributed by atoms with Crippen molar-refractivity contribution in [3.05, 3.63) is 0 Å².